The fraction of sp³-hybridized carbons (Fsp3) is 0.643. The molecule has 2 N–H and O–H groups in total. The Labute approximate surface area is 127 Å². The lowest BCUT2D eigenvalue weighted by Crippen LogP contribution is -2.38. The second kappa shape index (κ2) is 7.72. The lowest BCUT2D eigenvalue weighted by Gasteiger charge is -2.30. The molecule has 0 saturated carbocycles. The molecule has 1 unspecified atom stereocenters. The number of hydrogen-bond donors (Lipinski definition) is 2. The van der Waals surface area contributed by atoms with E-state index in [0.717, 1.165) is 32.5 Å². The van der Waals surface area contributed by atoms with Crippen LogP contribution < -0.4 is 10.0 Å². The molecule has 1 saturated heterocycles. The molecule has 0 bridgehead atoms. The van der Waals surface area contributed by atoms with Gasteiger partial charge in [0.25, 0.3) is 5.91 Å². The van der Waals surface area contributed by atoms with Crippen molar-refractivity contribution in [2.45, 2.75) is 24.9 Å². The van der Waals surface area contributed by atoms with Crippen LogP contribution in [0.1, 0.15) is 30.3 Å². The zero-order valence-corrected chi connectivity index (χ0v) is 13.4. The molecule has 2 rings (SSSR count). The zero-order valence-electron chi connectivity index (χ0n) is 12.6. The molecular weight excluding hydrogens is 290 g/mol. The normalized spacial score (nSPS) is 18.6. The SMILES string of the molecule is CCN1CCC(CNC(=O)c2ccc(S(=O)NC)o2)CC1. The molecule has 1 aromatic rings. The van der Waals surface area contributed by atoms with Gasteiger partial charge in [0, 0.05) is 6.54 Å². The minimum absolute atomic E-state index is 0.208. The largest absolute Gasteiger partial charge is 0.441 e. The van der Waals surface area contributed by atoms with Crippen molar-refractivity contribution in [3.63, 3.8) is 0 Å². The first kappa shape index (κ1) is 16.2. The van der Waals surface area contributed by atoms with Gasteiger partial charge in [-0.25, -0.2) is 8.93 Å². The Hall–Kier alpha value is -1.18. The first-order valence-electron chi connectivity index (χ1n) is 7.33. The number of furan rings is 1. The fourth-order valence-electron chi connectivity index (χ4n) is 2.47. The van der Waals surface area contributed by atoms with Crippen LogP contribution in [-0.4, -0.2) is 48.2 Å². The smallest absolute Gasteiger partial charge is 0.287 e. The molecule has 21 heavy (non-hydrogen) atoms. The van der Waals surface area contributed by atoms with Crippen molar-refractivity contribution < 1.29 is 13.4 Å². The highest BCUT2D eigenvalue weighted by atomic mass is 32.2. The Balaban J connectivity index is 1.79. The van der Waals surface area contributed by atoms with Gasteiger partial charge in [0.15, 0.2) is 16.7 Å². The number of carbonyl (C=O) groups excluding carboxylic acids is 1. The molecular formula is C14H23N3O3S. The van der Waals surface area contributed by atoms with Gasteiger partial charge >= 0.3 is 0 Å². The van der Waals surface area contributed by atoms with E-state index in [1.165, 1.54) is 0 Å². The van der Waals surface area contributed by atoms with E-state index in [-0.39, 0.29) is 16.8 Å². The molecule has 0 aliphatic carbocycles. The number of likely N-dealkylation sites (tertiary alicyclic amines) is 1. The molecule has 1 atom stereocenters. The van der Waals surface area contributed by atoms with Crippen LogP contribution in [0.5, 0.6) is 0 Å². The maximum absolute atomic E-state index is 12.0. The number of rotatable bonds is 6. The number of amides is 1. The van der Waals surface area contributed by atoms with Crippen molar-refractivity contribution in [3.05, 3.63) is 17.9 Å². The first-order valence-corrected chi connectivity index (χ1v) is 8.48. The third-order valence-corrected chi connectivity index (χ3v) is 4.83. The van der Waals surface area contributed by atoms with Crippen molar-refractivity contribution in [3.8, 4) is 0 Å². The summed E-state index contributed by atoms with van der Waals surface area (Å²) in [5.74, 6) is 0.490. The van der Waals surface area contributed by atoms with Crippen LogP contribution in [0.15, 0.2) is 21.6 Å². The van der Waals surface area contributed by atoms with Gasteiger partial charge < -0.3 is 14.6 Å². The summed E-state index contributed by atoms with van der Waals surface area (Å²) in [6.45, 7) is 6.14. The van der Waals surface area contributed by atoms with E-state index < -0.39 is 11.0 Å². The summed E-state index contributed by atoms with van der Waals surface area (Å²) in [6, 6.07) is 3.11. The Morgan fingerprint density at radius 3 is 2.76 bits per heavy atom. The molecule has 6 nitrogen and oxygen atoms in total. The number of nitrogens with zero attached hydrogens (tertiary/aromatic N) is 1. The summed E-state index contributed by atoms with van der Waals surface area (Å²) in [5.41, 5.74) is 0. The fourth-order valence-corrected chi connectivity index (χ4v) is 3.03. The summed E-state index contributed by atoms with van der Waals surface area (Å²) in [7, 11) is 0.169. The van der Waals surface area contributed by atoms with Crippen LogP contribution >= 0.6 is 0 Å². The Morgan fingerprint density at radius 1 is 1.43 bits per heavy atom. The highest BCUT2D eigenvalue weighted by molar-refractivity contribution is 7.82. The minimum atomic E-state index is -1.40. The van der Waals surface area contributed by atoms with Crippen molar-refractivity contribution in [1.29, 1.82) is 0 Å². The van der Waals surface area contributed by atoms with Crippen molar-refractivity contribution >= 4 is 16.9 Å². The van der Waals surface area contributed by atoms with E-state index in [2.05, 4.69) is 21.9 Å². The minimum Gasteiger partial charge on any atom is -0.441 e. The van der Waals surface area contributed by atoms with E-state index in [9.17, 15) is 9.00 Å². The molecule has 1 aliphatic heterocycles. The highest BCUT2D eigenvalue weighted by Crippen LogP contribution is 2.16. The van der Waals surface area contributed by atoms with E-state index in [0.29, 0.717) is 12.5 Å². The predicted molar refractivity (Wildman–Crippen MR) is 81.3 cm³/mol. The van der Waals surface area contributed by atoms with Crippen molar-refractivity contribution in [2.75, 3.05) is 33.2 Å². The molecule has 0 spiro atoms. The third kappa shape index (κ3) is 4.39. The molecule has 7 heteroatoms. The van der Waals surface area contributed by atoms with Gasteiger partial charge in [0.1, 0.15) is 0 Å². The van der Waals surface area contributed by atoms with E-state index in [1.54, 1.807) is 19.2 Å². The molecule has 1 aromatic heterocycles. The molecule has 118 valence electrons. The Kier molecular flexibility index (Phi) is 5.96. The molecule has 0 aromatic carbocycles. The molecule has 1 fully saturated rings. The number of nitrogens with one attached hydrogen (secondary N) is 2. The van der Waals surface area contributed by atoms with Gasteiger partial charge in [-0.15, -0.1) is 0 Å². The van der Waals surface area contributed by atoms with Gasteiger partial charge in [-0.1, -0.05) is 6.92 Å². The summed E-state index contributed by atoms with van der Waals surface area (Å²) >= 11 is 0. The maximum atomic E-state index is 12.0. The zero-order chi connectivity index (χ0) is 15.2. The number of piperidine rings is 1. The predicted octanol–water partition coefficient (Wildman–Crippen LogP) is 0.983. The first-order chi connectivity index (χ1) is 10.1. The molecule has 1 aliphatic rings. The van der Waals surface area contributed by atoms with Gasteiger partial charge in [0.2, 0.25) is 5.09 Å². The summed E-state index contributed by atoms with van der Waals surface area (Å²) in [5, 5.41) is 3.16. The molecule has 2 heterocycles. The highest BCUT2D eigenvalue weighted by Gasteiger charge is 2.20. The van der Waals surface area contributed by atoms with E-state index >= 15 is 0 Å². The average molecular weight is 313 g/mol. The topological polar surface area (TPSA) is 74.6 Å². The van der Waals surface area contributed by atoms with Crippen molar-refractivity contribution in [1.82, 2.24) is 14.9 Å². The standard InChI is InChI=1S/C14H23N3O3S/c1-3-17-8-6-11(7-9-17)10-16-14(18)12-4-5-13(20-12)21(19)15-2/h4-5,11,15H,3,6-10H2,1-2H3,(H,16,18). The van der Waals surface area contributed by atoms with Crippen molar-refractivity contribution in [2.24, 2.45) is 5.92 Å². The van der Waals surface area contributed by atoms with E-state index in [1.807, 2.05) is 0 Å². The summed E-state index contributed by atoms with van der Waals surface area (Å²) in [4.78, 5) is 14.4. The molecule has 0 radical (unpaired) electrons. The lowest BCUT2D eigenvalue weighted by atomic mass is 9.97. The second-order valence-electron chi connectivity index (χ2n) is 5.18. The van der Waals surface area contributed by atoms with Crippen LogP contribution in [0, 0.1) is 5.92 Å². The van der Waals surface area contributed by atoms with Gasteiger partial charge in [-0.05, 0) is 57.6 Å². The van der Waals surface area contributed by atoms with E-state index in [4.69, 9.17) is 4.42 Å². The second-order valence-corrected chi connectivity index (χ2v) is 6.53. The summed E-state index contributed by atoms with van der Waals surface area (Å²) in [6.07, 6.45) is 2.22. The van der Waals surface area contributed by atoms with Gasteiger partial charge in [-0.3, -0.25) is 4.79 Å². The number of carbonyl (C=O) groups is 1. The van der Waals surface area contributed by atoms with Crippen LogP contribution in [-0.2, 0) is 11.0 Å². The van der Waals surface area contributed by atoms with Crippen LogP contribution in [0.25, 0.3) is 0 Å². The lowest BCUT2D eigenvalue weighted by molar-refractivity contribution is 0.0904. The van der Waals surface area contributed by atoms with Crippen LogP contribution in [0.3, 0.4) is 0 Å². The maximum Gasteiger partial charge on any atom is 0.287 e. The third-order valence-electron chi connectivity index (χ3n) is 3.88. The molecule has 1 amide bonds. The Bertz CT molecular complexity index is 495. The van der Waals surface area contributed by atoms with Crippen LogP contribution in [0.2, 0.25) is 0 Å². The average Bonchev–Trinajstić information content (AvgIpc) is 3.02. The monoisotopic (exact) mass is 313 g/mol. The quantitative estimate of drug-likeness (QED) is 0.821. The van der Waals surface area contributed by atoms with Gasteiger partial charge in [-0.2, -0.15) is 0 Å². The van der Waals surface area contributed by atoms with Crippen LogP contribution in [0.4, 0.5) is 0 Å². The summed E-state index contributed by atoms with van der Waals surface area (Å²) < 4.78 is 19.3. The van der Waals surface area contributed by atoms with Gasteiger partial charge in [0.05, 0.1) is 0 Å². The Morgan fingerprint density at radius 2 is 2.14 bits per heavy atom. The number of hydrogen-bond acceptors (Lipinski definition) is 4.